The predicted octanol–water partition coefficient (Wildman–Crippen LogP) is 5.58. The Morgan fingerprint density at radius 1 is 0.939 bits per heavy atom. The zero-order valence-electron chi connectivity index (χ0n) is 18.3. The highest BCUT2D eigenvalue weighted by Crippen LogP contribution is 2.29. The molecule has 0 bridgehead atoms. The van der Waals surface area contributed by atoms with E-state index in [1.165, 1.54) is 5.56 Å². The maximum absolute atomic E-state index is 6.00. The van der Waals surface area contributed by atoms with E-state index in [1.807, 2.05) is 43.3 Å². The largest absolute Gasteiger partial charge is 0.487 e. The molecule has 0 spiro atoms. The van der Waals surface area contributed by atoms with Crippen LogP contribution in [0.5, 0.6) is 5.75 Å². The smallest absolute Gasteiger partial charge is 0.143 e. The molecular formula is C27H23N5O. The van der Waals surface area contributed by atoms with Gasteiger partial charge in [0.2, 0.25) is 0 Å². The Bertz CT molecular complexity index is 1390. The molecule has 2 heterocycles. The Morgan fingerprint density at radius 2 is 1.82 bits per heavy atom. The quantitative estimate of drug-likeness (QED) is 0.314. The number of hydrogen-bond acceptors (Lipinski definition) is 5. The van der Waals surface area contributed by atoms with Crippen molar-refractivity contribution in [1.82, 2.24) is 25.2 Å². The Morgan fingerprint density at radius 3 is 2.64 bits per heavy atom. The third-order valence-electron chi connectivity index (χ3n) is 5.45. The molecule has 162 valence electrons. The molecule has 0 unspecified atom stereocenters. The molecule has 6 nitrogen and oxygen atoms in total. The number of nitrogens with zero attached hydrogens (tertiary/aromatic N) is 5. The lowest BCUT2D eigenvalue weighted by atomic mass is 9.99. The number of fused-ring (bicyclic) bond motifs is 1. The summed E-state index contributed by atoms with van der Waals surface area (Å²) in [6.45, 7) is 2.45. The van der Waals surface area contributed by atoms with E-state index < -0.39 is 0 Å². The number of aromatic nitrogens is 5. The van der Waals surface area contributed by atoms with E-state index in [4.69, 9.17) is 4.74 Å². The Balaban J connectivity index is 1.38. The second kappa shape index (κ2) is 9.44. The van der Waals surface area contributed by atoms with Crippen LogP contribution >= 0.6 is 0 Å². The van der Waals surface area contributed by atoms with E-state index in [9.17, 15) is 0 Å². The van der Waals surface area contributed by atoms with Crippen LogP contribution in [0, 0.1) is 0 Å². The first-order valence-electron chi connectivity index (χ1n) is 10.9. The molecular weight excluding hydrogens is 410 g/mol. The number of pyridine rings is 1. The fourth-order valence-electron chi connectivity index (χ4n) is 3.74. The highest BCUT2D eigenvalue weighted by atomic mass is 16.5. The summed E-state index contributed by atoms with van der Waals surface area (Å²) in [7, 11) is 0. The third-order valence-corrected chi connectivity index (χ3v) is 5.45. The third kappa shape index (κ3) is 4.65. The number of benzene rings is 3. The van der Waals surface area contributed by atoms with Gasteiger partial charge in [-0.3, -0.25) is 0 Å². The number of para-hydroxylation sites is 1. The van der Waals surface area contributed by atoms with Gasteiger partial charge >= 0.3 is 0 Å². The van der Waals surface area contributed by atoms with Crippen LogP contribution in [0.15, 0.2) is 97.3 Å². The first kappa shape index (κ1) is 20.6. The molecule has 0 aliphatic heterocycles. The molecule has 0 saturated carbocycles. The molecule has 0 aliphatic carbocycles. The summed E-state index contributed by atoms with van der Waals surface area (Å²) >= 11 is 0. The van der Waals surface area contributed by atoms with Gasteiger partial charge < -0.3 is 4.74 Å². The zero-order chi connectivity index (χ0) is 22.5. The van der Waals surface area contributed by atoms with Crippen molar-refractivity contribution in [3.63, 3.8) is 0 Å². The summed E-state index contributed by atoms with van der Waals surface area (Å²) in [6.07, 6.45) is 6.69. The van der Waals surface area contributed by atoms with Crippen molar-refractivity contribution < 1.29 is 4.74 Å². The van der Waals surface area contributed by atoms with Crippen LogP contribution in [0.1, 0.15) is 18.2 Å². The normalized spacial score (nSPS) is 11.3. The van der Waals surface area contributed by atoms with Crippen LogP contribution in [0.2, 0.25) is 0 Å². The van der Waals surface area contributed by atoms with E-state index in [0.717, 1.165) is 45.6 Å². The SMILES string of the molecule is CC=CCc1ccc(-n2cnnn2)c(-c2ccc(OCc3ccc4ccccc4n3)cc2)c1. The first-order chi connectivity index (χ1) is 16.3. The van der Waals surface area contributed by atoms with Crippen molar-refractivity contribution in [2.24, 2.45) is 0 Å². The average molecular weight is 434 g/mol. The lowest BCUT2D eigenvalue weighted by Crippen LogP contribution is -2.00. The molecule has 2 aromatic heterocycles. The molecule has 0 radical (unpaired) electrons. The minimum absolute atomic E-state index is 0.416. The van der Waals surface area contributed by atoms with Gasteiger partial charge in [0.05, 0.1) is 16.9 Å². The standard InChI is InChI=1S/C27H23N5O/c1-2-3-6-20-9-16-27(32-19-28-30-31-32)25(17-20)21-11-14-24(15-12-21)33-18-23-13-10-22-7-4-5-8-26(22)29-23/h2-5,7-17,19H,6,18H2,1H3. The van der Waals surface area contributed by atoms with Gasteiger partial charge in [0.25, 0.3) is 0 Å². The maximum Gasteiger partial charge on any atom is 0.143 e. The zero-order valence-corrected chi connectivity index (χ0v) is 18.3. The van der Waals surface area contributed by atoms with Crippen molar-refractivity contribution in [2.75, 3.05) is 0 Å². The Kier molecular flexibility index (Phi) is 5.89. The maximum atomic E-state index is 6.00. The second-order valence-electron chi connectivity index (χ2n) is 7.69. The topological polar surface area (TPSA) is 65.7 Å². The van der Waals surface area contributed by atoms with E-state index in [-0.39, 0.29) is 0 Å². The number of tetrazole rings is 1. The predicted molar refractivity (Wildman–Crippen MR) is 129 cm³/mol. The van der Waals surface area contributed by atoms with Crippen LogP contribution in [0.3, 0.4) is 0 Å². The second-order valence-corrected chi connectivity index (χ2v) is 7.69. The highest BCUT2D eigenvalue weighted by Gasteiger charge is 2.10. The van der Waals surface area contributed by atoms with Crippen LogP contribution in [0.25, 0.3) is 27.7 Å². The Labute approximate surface area is 192 Å². The van der Waals surface area contributed by atoms with Crippen LogP contribution in [0.4, 0.5) is 0 Å². The minimum Gasteiger partial charge on any atom is -0.487 e. The fourth-order valence-corrected chi connectivity index (χ4v) is 3.74. The van der Waals surface area contributed by atoms with Gasteiger partial charge in [-0.2, -0.15) is 4.68 Å². The molecule has 0 atom stereocenters. The van der Waals surface area contributed by atoms with E-state index in [0.29, 0.717) is 6.61 Å². The van der Waals surface area contributed by atoms with Gasteiger partial charge in [-0.05, 0) is 71.3 Å². The molecule has 0 aliphatic rings. The van der Waals surface area contributed by atoms with Gasteiger partial charge in [-0.15, -0.1) is 5.10 Å². The van der Waals surface area contributed by atoms with Crippen molar-refractivity contribution in [3.05, 3.63) is 109 Å². The molecule has 0 N–H and O–H groups in total. The summed E-state index contributed by atoms with van der Waals surface area (Å²) in [4.78, 5) is 4.68. The summed E-state index contributed by atoms with van der Waals surface area (Å²) in [5, 5.41) is 12.8. The van der Waals surface area contributed by atoms with Crippen LogP contribution < -0.4 is 4.74 Å². The van der Waals surface area contributed by atoms with Gasteiger partial charge in [0.1, 0.15) is 18.7 Å². The summed E-state index contributed by atoms with van der Waals surface area (Å²) in [5.41, 5.74) is 6.16. The molecule has 3 aromatic carbocycles. The van der Waals surface area contributed by atoms with Gasteiger partial charge in [-0.1, -0.05) is 54.6 Å². The molecule has 5 rings (SSSR count). The van der Waals surface area contributed by atoms with Gasteiger partial charge in [0, 0.05) is 10.9 Å². The van der Waals surface area contributed by atoms with Gasteiger partial charge in [-0.25, -0.2) is 4.98 Å². The van der Waals surface area contributed by atoms with E-state index in [2.05, 4.69) is 75.1 Å². The van der Waals surface area contributed by atoms with E-state index in [1.54, 1.807) is 11.0 Å². The minimum atomic E-state index is 0.416. The summed E-state index contributed by atoms with van der Waals surface area (Å²) in [6, 6.07) is 26.6. The lowest BCUT2D eigenvalue weighted by molar-refractivity contribution is 0.302. The average Bonchev–Trinajstić information content (AvgIpc) is 3.41. The van der Waals surface area contributed by atoms with Crippen molar-refractivity contribution in [2.45, 2.75) is 20.0 Å². The van der Waals surface area contributed by atoms with Crippen molar-refractivity contribution >= 4 is 10.9 Å². The lowest BCUT2D eigenvalue weighted by Gasteiger charge is -2.12. The van der Waals surface area contributed by atoms with Crippen molar-refractivity contribution in [3.8, 4) is 22.6 Å². The van der Waals surface area contributed by atoms with E-state index >= 15 is 0 Å². The molecule has 0 saturated heterocycles. The molecule has 5 aromatic rings. The number of allylic oxidation sites excluding steroid dienone is 2. The van der Waals surface area contributed by atoms with Crippen LogP contribution in [-0.2, 0) is 13.0 Å². The fraction of sp³-hybridized carbons (Fsp3) is 0.111. The molecule has 0 amide bonds. The highest BCUT2D eigenvalue weighted by molar-refractivity contribution is 5.78. The number of ether oxygens (including phenoxy) is 1. The summed E-state index contributed by atoms with van der Waals surface area (Å²) in [5.74, 6) is 0.794. The monoisotopic (exact) mass is 433 g/mol. The number of rotatable bonds is 7. The molecule has 6 heteroatoms. The Hall–Kier alpha value is -4.32. The molecule has 0 fully saturated rings. The van der Waals surface area contributed by atoms with Crippen LogP contribution in [-0.4, -0.2) is 25.2 Å². The first-order valence-corrected chi connectivity index (χ1v) is 10.9. The molecule has 33 heavy (non-hydrogen) atoms. The number of hydrogen-bond donors (Lipinski definition) is 0. The van der Waals surface area contributed by atoms with Crippen molar-refractivity contribution in [1.29, 1.82) is 0 Å². The van der Waals surface area contributed by atoms with Gasteiger partial charge in [0.15, 0.2) is 0 Å². The summed E-state index contributed by atoms with van der Waals surface area (Å²) < 4.78 is 7.69.